The van der Waals surface area contributed by atoms with Crippen molar-refractivity contribution < 1.29 is 9.53 Å². The SMILES string of the molecule is COC(=O)c1cncc(C#N)c1Cl. The molecule has 0 radical (unpaired) electrons. The number of rotatable bonds is 1. The maximum absolute atomic E-state index is 11.0. The van der Waals surface area contributed by atoms with Crippen molar-refractivity contribution in [3.8, 4) is 6.07 Å². The minimum Gasteiger partial charge on any atom is -0.465 e. The van der Waals surface area contributed by atoms with E-state index in [0.717, 1.165) is 0 Å². The van der Waals surface area contributed by atoms with Crippen molar-refractivity contribution in [2.75, 3.05) is 7.11 Å². The summed E-state index contributed by atoms with van der Waals surface area (Å²) in [4.78, 5) is 14.7. The number of nitriles is 1. The Balaban J connectivity index is 3.25. The summed E-state index contributed by atoms with van der Waals surface area (Å²) in [5.74, 6) is -0.602. The van der Waals surface area contributed by atoms with Crippen LogP contribution in [0.3, 0.4) is 0 Å². The Hall–Kier alpha value is -1.60. The highest BCUT2D eigenvalue weighted by molar-refractivity contribution is 6.34. The van der Waals surface area contributed by atoms with Crippen LogP contribution >= 0.6 is 11.6 Å². The molecule has 0 spiro atoms. The zero-order valence-electron chi connectivity index (χ0n) is 6.74. The molecule has 4 nitrogen and oxygen atoms in total. The quantitative estimate of drug-likeness (QED) is 0.637. The van der Waals surface area contributed by atoms with Crippen LogP contribution in [0.2, 0.25) is 5.02 Å². The van der Waals surface area contributed by atoms with Crippen LogP contribution < -0.4 is 0 Å². The molecule has 13 heavy (non-hydrogen) atoms. The molecule has 66 valence electrons. The van der Waals surface area contributed by atoms with Crippen molar-refractivity contribution in [1.29, 1.82) is 5.26 Å². The predicted molar refractivity (Wildman–Crippen MR) is 45.3 cm³/mol. The van der Waals surface area contributed by atoms with Gasteiger partial charge in [0.1, 0.15) is 6.07 Å². The van der Waals surface area contributed by atoms with Crippen LogP contribution in [-0.4, -0.2) is 18.1 Å². The fourth-order valence-corrected chi connectivity index (χ4v) is 0.992. The smallest absolute Gasteiger partial charge is 0.341 e. The third kappa shape index (κ3) is 1.76. The van der Waals surface area contributed by atoms with Crippen LogP contribution in [0.1, 0.15) is 15.9 Å². The van der Waals surface area contributed by atoms with Crippen LogP contribution in [0.15, 0.2) is 12.4 Å². The van der Waals surface area contributed by atoms with E-state index < -0.39 is 5.97 Å². The molecule has 0 aliphatic carbocycles. The standard InChI is InChI=1S/C8H5ClN2O2/c1-13-8(12)6-4-11-3-5(2-10)7(6)9/h3-4H,1H3. The number of hydrogen-bond donors (Lipinski definition) is 0. The van der Waals surface area contributed by atoms with Gasteiger partial charge in [0, 0.05) is 12.4 Å². The van der Waals surface area contributed by atoms with E-state index in [1.54, 1.807) is 0 Å². The second-order valence-electron chi connectivity index (χ2n) is 2.15. The minimum absolute atomic E-state index is 0.0735. The summed E-state index contributed by atoms with van der Waals surface area (Å²) in [6.07, 6.45) is 2.55. The lowest BCUT2D eigenvalue weighted by atomic mass is 10.2. The number of hydrogen-bond acceptors (Lipinski definition) is 4. The van der Waals surface area contributed by atoms with Crippen molar-refractivity contribution in [1.82, 2.24) is 4.98 Å². The van der Waals surface area contributed by atoms with E-state index in [1.807, 2.05) is 6.07 Å². The van der Waals surface area contributed by atoms with Crippen molar-refractivity contribution in [3.05, 3.63) is 28.5 Å². The van der Waals surface area contributed by atoms with Crippen molar-refractivity contribution >= 4 is 17.6 Å². The molecule has 1 heterocycles. The molecular weight excluding hydrogens is 192 g/mol. The number of esters is 1. The van der Waals surface area contributed by atoms with Gasteiger partial charge in [-0.25, -0.2) is 4.79 Å². The van der Waals surface area contributed by atoms with Gasteiger partial charge in [0.15, 0.2) is 0 Å². The number of aromatic nitrogens is 1. The van der Waals surface area contributed by atoms with E-state index in [-0.39, 0.29) is 16.1 Å². The lowest BCUT2D eigenvalue weighted by Crippen LogP contribution is -2.03. The average Bonchev–Trinajstić information content (AvgIpc) is 2.17. The first-order valence-electron chi connectivity index (χ1n) is 3.32. The molecule has 1 rings (SSSR count). The molecule has 0 bridgehead atoms. The Labute approximate surface area is 79.7 Å². The highest BCUT2D eigenvalue weighted by Gasteiger charge is 2.13. The van der Waals surface area contributed by atoms with Gasteiger partial charge in [-0.2, -0.15) is 5.26 Å². The van der Waals surface area contributed by atoms with E-state index in [2.05, 4.69) is 9.72 Å². The second-order valence-corrected chi connectivity index (χ2v) is 2.53. The number of methoxy groups -OCH3 is 1. The van der Waals surface area contributed by atoms with Crippen molar-refractivity contribution in [2.45, 2.75) is 0 Å². The molecule has 0 aromatic carbocycles. The fraction of sp³-hybridized carbons (Fsp3) is 0.125. The van der Waals surface area contributed by atoms with Crippen LogP contribution in [-0.2, 0) is 4.74 Å². The van der Waals surface area contributed by atoms with Crippen molar-refractivity contribution in [2.24, 2.45) is 0 Å². The van der Waals surface area contributed by atoms with Crippen LogP contribution in [0, 0.1) is 11.3 Å². The molecule has 1 aromatic rings. The third-order valence-electron chi connectivity index (χ3n) is 1.41. The lowest BCUT2D eigenvalue weighted by Gasteiger charge is -2.01. The van der Waals surface area contributed by atoms with Gasteiger partial charge < -0.3 is 4.74 Å². The number of ether oxygens (including phenoxy) is 1. The molecule has 0 atom stereocenters. The Morgan fingerprint density at radius 3 is 2.92 bits per heavy atom. The Morgan fingerprint density at radius 2 is 2.38 bits per heavy atom. The summed E-state index contributed by atoms with van der Waals surface area (Å²) in [6.45, 7) is 0. The van der Waals surface area contributed by atoms with Crippen molar-refractivity contribution in [3.63, 3.8) is 0 Å². The summed E-state index contributed by atoms with van der Waals surface area (Å²) in [7, 11) is 1.23. The first kappa shape index (κ1) is 9.49. The summed E-state index contributed by atoms with van der Waals surface area (Å²) in [5.41, 5.74) is 0.257. The Bertz CT molecular complexity index is 384. The van der Waals surface area contributed by atoms with Gasteiger partial charge in [-0.05, 0) is 0 Å². The van der Waals surface area contributed by atoms with Crippen LogP contribution in [0.4, 0.5) is 0 Å². The van der Waals surface area contributed by atoms with Gasteiger partial charge in [-0.1, -0.05) is 11.6 Å². The minimum atomic E-state index is -0.602. The molecule has 0 saturated heterocycles. The summed E-state index contributed by atoms with van der Waals surface area (Å²) >= 11 is 5.72. The molecule has 0 fully saturated rings. The molecule has 0 saturated carbocycles. The molecule has 5 heteroatoms. The topological polar surface area (TPSA) is 63.0 Å². The number of pyridine rings is 1. The number of halogens is 1. The largest absolute Gasteiger partial charge is 0.465 e. The lowest BCUT2D eigenvalue weighted by molar-refractivity contribution is 0.0600. The molecule has 0 amide bonds. The van der Waals surface area contributed by atoms with Gasteiger partial charge in [-0.3, -0.25) is 4.98 Å². The second kappa shape index (κ2) is 3.87. The summed E-state index contributed by atoms with van der Waals surface area (Å²) in [5, 5.41) is 8.64. The molecule has 0 unspecified atom stereocenters. The monoisotopic (exact) mass is 196 g/mol. The van der Waals surface area contributed by atoms with Gasteiger partial charge in [0.2, 0.25) is 0 Å². The van der Waals surface area contributed by atoms with Gasteiger partial charge in [-0.15, -0.1) is 0 Å². The maximum atomic E-state index is 11.0. The number of nitrogens with zero attached hydrogens (tertiary/aromatic N) is 2. The van der Waals surface area contributed by atoms with Gasteiger partial charge in [0.25, 0.3) is 0 Å². The van der Waals surface area contributed by atoms with E-state index in [9.17, 15) is 4.79 Å². The molecule has 0 aliphatic heterocycles. The number of carbonyl (C=O) groups excluding carboxylic acids is 1. The highest BCUT2D eigenvalue weighted by Crippen LogP contribution is 2.19. The van der Waals surface area contributed by atoms with Crippen LogP contribution in [0.25, 0.3) is 0 Å². The summed E-state index contributed by atoms with van der Waals surface area (Å²) < 4.78 is 4.44. The predicted octanol–water partition coefficient (Wildman–Crippen LogP) is 1.39. The van der Waals surface area contributed by atoms with E-state index in [4.69, 9.17) is 16.9 Å². The molecular formula is C8H5ClN2O2. The van der Waals surface area contributed by atoms with E-state index in [1.165, 1.54) is 19.5 Å². The first-order valence-corrected chi connectivity index (χ1v) is 3.70. The summed E-state index contributed by atoms with van der Waals surface area (Å²) in [6, 6.07) is 1.81. The Kier molecular flexibility index (Phi) is 2.83. The van der Waals surface area contributed by atoms with E-state index >= 15 is 0 Å². The van der Waals surface area contributed by atoms with E-state index in [0.29, 0.717) is 0 Å². The molecule has 1 aromatic heterocycles. The third-order valence-corrected chi connectivity index (χ3v) is 1.81. The average molecular weight is 197 g/mol. The fourth-order valence-electron chi connectivity index (χ4n) is 0.775. The van der Waals surface area contributed by atoms with Gasteiger partial charge in [0.05, 0.1) is 23.3 Å². The van der Waals surface area contributed by atoms with Crippen LogP contribution in [0.5, 0.6) is 0 Å². The zero-order valence-corrected chi connectivity index (χ0v) is 7.50. The van der Waals surface area contributed by atoms with Gasteiger partial charge >= 0.3 is 5.97 Å². The Morgan fingerprint density at radius 1 is 1.69 bits per heavy atom. The first-order chi connectivity index (χ1) is 6.20. The highest BCUT2D eigenvalue weighted by atomic mass is 35.5. The number of carbonyl (C=O) groups is 1. The zero-order chi connectivity index (χ0) is 9.84. The molecule has 0 N–H and O–H groups in total. The molecule has 0 aliphatic rings. The maximum Gasteiger partial charge on any atom is 0.341 e. The normalized spacial score (nSPS) is 9.00.